The van der Waals surface area contributed by atoms with Crippen molar-refractivity contribution in [1.29, 1.82) is 0 Å². The van der Waals surface area contributed by atoms with Crippen molar-refractivity contribution in [2.75, 3.05) is 0 Å². The fraction of sp³-hybridized carbons (Fsp3) is 0.444. The van der Waals surface area contributed by atoms with E-state index in [-0.39, 0.29) is 5.56 Å². The molecule has 0 aliphatic heterocycles. The summed E-state index contributed by atoms with van der Waals surface area (Å²) >= 11 is 0. The largest absolute Gasteiger partial charge is 0.471 e. The van der Waals surface area contributed by atoms with Gasteiger partial charge in [-0.15, -0.1) is 0 Å². The highest BCUT2D eigenvalue weighted by Gasteiger charge is 2.59. The molecular formula is C9H7F6NO2. The number of hydrogen-bond donors (Lipinski definition) is 1. The Morgan fingerprint density at radius 3 is 2.17 bits per heavy atom. The summed E-state index contributed by atoms with van der Waals surface area (Å²) in [6, 6.07) is 0.816. The van der Waals surface area contributed by atoms with E-state index >= 15 is 0 Å². The van der Waals surface area contributed by atoms with Gasteiger partial charge in [0.15, 0.2) is 0 Å². The zero-order valence-electron chi connectivity index (χ0n) is 8.59. The Labute approximate surface area is 97.0 Å². The van der Waals surface area contributed by atoms with Crippen LogP contribution in [0, 0.1) is 0 Å². The van der Waals surface area contributed by atoms with Crippen LogP contribution in [0.2, 0.25) is 0 Å². The first kappa shape index (κ1) is 14.6. The van der Waals surface area contributed by atoms with Crippen molar-refractivity contribution >= 4 is 0 Å². The monoisotopic (exact) mass is 275 g/mol. The SMILES string of the molecule is OCc1cnccc1OC(C(F)(F)F)C(F)(F)F. The van der Waals surface area contributed by atoms with E-state index < -0.39 is 30.8 Å². The molecule has 0 aliphatic rings. The Balaban J connectivity index is 3.05. The molecule has 3 nitrogen and oxygen atoms in total. The fourth-order valence-electron chi connectivity index (χ4n) is 1.09. The number of aromatic nitrogens is 1. The van der Waals surface area contributed by atoms with Crippen molar-refractivity contribution in [1.82, 2.24) is 4.98 Å². The van der Waals surface area contributed by atoms with Crippen molar-refractivity contribution in [3.63, 3.8) is 0 Å². The lowest BCUT2D eigenvalue weighted by molar-refractivity contribution is -0.300. The van der Waals surface area contributed by atoms with Gasteiger partial charge in [0, 0.05) is 18.0 Å². The number of halogens is 6. The summed E-state index contributed by atoms with van der Waals surface area (Å²) < 4.78 is 77.2. The summed E-state index contributed by atoms with van der Waals surface area (Å²) in [4.78, 5) is 3.45. The van der Waals surface area contributed by atoms with Gasteiger partial charge >= 0.3 is 12.4 Å². The predicted octanol–water partition coefficient (Wildman–Crippen LogP) is 2.45. The summed E-state index contributed by atoms with van der Waals surface area (Å²) in [6.45, 7) is -0.786. The minimum atomic E-state index is -5.60. The Kier molecular flexibility index (Phi) is 4.05. The maximum Gasteiger partial charge on any atom is 0.434 e. The van der Waals surface area contributed by atoms with Crippen molar-refractivity contribution in [2.24, 2.45) is 0 Å². The molecule has 0 aromatic carbocycles. The molecule has 0 spiro atoms. The normalized spacial score (nSPS) is 12.9. The minimum absolute atomic E-state index is 0.268. The van der Waals surface area contributed by atoms with Gasteiger partial charge in [0.05, 0.1) is 6.61 Å². The second-order valence-corrected chi connectivity index (χ2v) is 3.22. The Morgan fingerprint density at radius 2 is 1.72 bits per heavy atom. The standard InChI is InChI=1S/C9H7F6NO2/c10-8(11,12)7(9(13,14)15)18-6-1-2-16-3-5(6)4-17/h1-3,7,17H,4H2. The molecule has 1 heterocycles. The van der Waals surface area contributed by atoms with Crippen LogP contribution in [0.5, 0.6) is 5.75 Å². The number of nitrogens with zero attached hydrogens (tertiary/aromatic N) is 1. The van der Waals surface area contributed by atoms with Gasteiger partial charge in [-0.1, -0.05) is 0 Å². The molecule has 0 amide bonds. The zero-order valence-corrected chi connectivity index (χ0v) is 8.59. The van der Waals surface area contributed by atoms with E-state index in [9.17, 15) is 26.3 Å². The van der Waals surface area contributed by atoms with E-state index in [2.05, 4.69) is 9.72 Å². The maximum atomic E-state index is 12.2. The molecule has 0 aliphatic carbocycles. The molecule has 0 saturated carbocycles. The number of hydrogen-bond acceptors (Lipinski definition) is 3. The van der Waals surface area contributed by atoms with Crippen LogP contribution in [-0.4, -0.2) is 28.5 Å². The van der Waals surface area contributed by atoms with E-state index in [4.69, 9.17) is 5.11 Å². The second kappa shape index (κ2) is 5.01. The zero-order chi connectivity index (χ0) is 14.0. The number of pyridine rings is 1. The molecule has 0 atom stereocenters. The van der Waals surface area contributed by atoms with E-state index in [1.807, 2.05) is 0 Å². The van der Waals surface area contributed by atoms with E-state index in [1.165, 1.54) is 0 Å². The lowest BCUT2D eigenvalue weighted by Crippen LogP contribution is -2.46. The Morgan fingerprint density at radius 1 is 1.17 bits per heavy atom. The highest BCUT2D eigenvalue weighted by Crippen LogP contribution is 2.37. The predicted molar refractivity (Wildman–Crippen MR) is 46.7 cm³/mol. The summed E-state index contributed by atoms with van der Waals surface area (Å²) in [5, 5.41) is 8.75. The molecule has 0 bridgehead atoms. The number of alkyl halides is 6. The lowest BCUT2D eigenvalue weighted by atomic mass is 10.2. The number of aliphatic hydroxyl groups is 1. The first-order valence-electron chi connectivity index (χ1n) is 4.50. The van der Waals surface area contributed by atoms with Crippen LogP contribution in [-0.2, 0) is 6.61 Å². The van der Waals surface area contributed by atoms with Gasteiger partial charge in [0.1, 0.15) is 5.75 Å². The van der Waals surface area contributed by atoms with Crippen molar-refractivity contribution in [3.8, 4) is 5.75 Å². The third-order valence-electron chi connectivity index (χ3n) is 1.87. The van der Waals surface area contributed by atoms with Gasteiger partial charge in [-0.25, -0.2) is 0 Å². The third-order valence-corrected chi connectivity index (χ3v) is 1.87. The van der Waals surface area contributed by atoms with Crippen LogP contribution >= 0.6 is 0 Å². The van der Waals surface area contributed by atoms with Crippen LogP contribution in [0.4, 0.5) is 26.3 Å². The van der Waals surface area contributed by atoms with Gasteiger partial charge in [0.25, 0.3) is 6.10 Å². The number of aliphatic hydroxyl groups excluding tert-OH is 1. The molecule has 1 aromatic heterocycles. The molecule has 0 saturated heterocycles. The first-order chi connectivity index (χ1) is 8.16. The average molecular weight is 275 g/mol. The Hall–Kier alpha value is -1.51. The van der Waals surface area contributed by atoms with Gasteiger partial charge in [0.2, 0.25) is 0 Å². The van der Waals surface area contributed by atoms with Crippen LogP contribution in [0.25, 0.3) is 0 Å². The lowest BCUT2D eigenvalue weighted by Gasteiger charge is -2.24. The van der Waals surface area contributed by atoms with Crippen LogP contribution in [0.3, 0.4) is 0 Å². The molecular weight excluding hydrogens is 268 g/mol. The highest BCUT2D eigenvalue weighted by molar-refractivity contribution is 5.29. The van der Waals surface area contributed by atoms with Crippen molar-refractivity contribution in [2.45, 2.75) is 25.1 Å². The molecule has 9 heteroatoms. The van der Waals surface area contributed by atoms with Gasteiger partial charge < -0.3 is 9.84 Å². The fourth-order valence-corrected chi connectivity index (χ4v) is 1.09. The molecule has 1 rings (SSSR count). The first-order valence-corrected chi connectivity index (χ1v) is 4.50. The molecule has 1 aromatic rings. The smallest absolute Gasteiger partial charge is 0.434 e. The van der Waals surface area contributed by atoms with Crippen LogP contribution in [0.1, 0.15) is 5.56 Å². The summed E-state index contributed by atoms with van der Waals surface area (Å²) in [7, 11) is 0. The molecule has 0 unspecified atom stereocenters. The van der Waals surface area contributed by atoms with Gasteiger partial charge in [-0.2, -0.15) is 26.3 Å². The summed E-state index contributed by atoms with van der Waals surface area (Å²) in [5.74, 6) is -0.716. The van der Waals surface area contributed by atoms with E-state index in [1.54, 1.807) is 0 Å². The number of ether oxygens (including phenoxy) is 1. The molecule has 0 fully saturated rings. The minimum Gasteiger partial charge on any atom is -0.471 e. The molecule has 1 N–H and O–H groups in total. The van der Waals surface area contributed by atoms with Crippen LogP contribution < -0.4 is 4.74 Å². The molecule has 102 valence electrons. The summed E-state index contributed by atoms with van der Waals surface area (Å²) in [5.41, 5.74) is -0.268. The van der Waals surface area contributed by atoms with E-state index in [0.717, 1.165) is 18.5 Å². The molecule has 18 heavy (non-hydrogen) atoms. The second-order valence-electron chi connectivity index (χ2n) is 3.22. The van der Waals surface area contributed by atoms with Gasteiger partial charge in [-0.05, 0) is 6.07 Å². The average Bonchev–Trinajstić information content (AvgIpc) is 2.23. The van der Waals surface area contributed by atoms with Crippen molar-refractivity contribution < 1.29 is 36.2 Å². The summed E-state index contributed by atoms with van der Waals surface area (Å²) in [6.07, 6.45) is -13.3. The highest BCUT2D eigenvalue weighted by atomic mass is 19.4. The van der Waals surface area contributed by atoms with Crippen LogP contribution in [0.15, 0.2) is 18.5 Å². The molecule has 0 radical (unpaired) electrons. The Bertz CT molecular complexity index is 389. The number of rotatable bonds is 3. The topological polar surface area (TPSA) is 42.4 Å². The third kappa shape index (κ3) is 3.49. The van der Waals surface area contributed by atoms with E-state index in [0.29, 0.717) is 0 Å². The maximum absolute atomic E-state index is 12.2. The van der Waals surface area contributed by atoms with Crippen molar-refractivity contribution in [3.05, 3.63) is 24.0 Å². The van der Waals surface area contributed by atoms with Gasteiger partial charge in [-0.3, -0.25) is 4.98 Å². The quantitative estimate of drug-likeness (QED) is 0.861.